The van der Waals surface area contributed by atoms with Crippen LogP contribution in [0.1, 0.15) is 12.0 Å². The fourth-order valence-electron chi connectivity index (χ4n) is 4.19. The zero-order valence-corrected chi connectivity index (χ0v) is 19.6. The van der Waals surface area contributed by atoms with E-state index in [4.69, 9.17) is 11.2 Å². The Morgan fingerprint density at radius 2 is 1.97 bits per heavy atom. The summed E-state index contributed by atoms with van der Waals surface area (Å²) in [6, 6.07) is 9.48. The summed E-state index contributed by atoms with van der Waals surface area (Å²) in [6.45, 7) is 5.31. The second-order valence-corrected chi connectivity index (χ2v) is 8.75. The van der Waals surface area contributed by atoms with E-state index in [-0.39, 0.29) is 12.1 Å². The number of carbonyl (C=O) groups is 1. The molecule has 1 unspecified atom stereocenters. The Morgan fingerprint density at radius 1 is 1.17 bits per heavy atom. The number of urea groups is 1. The third-order valence-electron chi connectivity index (χ3n) is 6.22. The third-order valence-corrected chi connectivity index (χ3v) is 6.22. The number of rotatable bonds is 5. The Hall–Kier alpha value is -3.94. The number of anilines is 4. The molecule has 2 saturated heterocycles. The van der Waals surface area contributed by atoms with Gasteiger partial charge in [-0.2, -0.15) is 4.98 Å². The van der Waals surface area contributed by atoms with E-state index >= 15 is 0 Å². The molecule has 2 aliphatic rings. The predicted molar refractivity (Wildman–Crippen MR) is 136 cm³/mol. The maximum Gasteiger partial charge on any atom is 0.320 e. The highest BCUT2D eigenvalue weighted by molar-refractivity contribution is 5.91. The lowest BCUT2D eigenvalue weighted by molar-refractivity contribution is 0.189. The van der Waals surface area contributed by atoms with Crippen LogP contribution in [-0.4, -0.2) is 78.4 Å². The van der Waals surface area contributed by atoms with Gasteiger partial charge in [-0.05, 0) is 43.8 Å². The van der Waals surface area contributed by atoms with Crippen LogP contribution in [-0.2, 0) is 4.74 Å². The lowest BCUT2D eigenvalue weighted by Crippen LogP contribution is -2.44. The minimum Gasteiger partial charge on any atom is -0.379 e. The fraction of sp³-hybridized carbons (Fsp3) is 0.360. The van der Waals surface area contributed by atoms with Gasteiger partial charge in [0.05, 0.1) is 18.0 Å². The molecule has 10 heteroatoms. The largest absolute Gasteiger partial charge is 0.379 e. The van der Waals surface area contributed by atoms with Gasteiger partial charge >= 0.3 is 6.03 Å². The van der Waals surface area contributed by atoms with Crippen LogP contribution in [0.5, 0.6) is 0 Å². The van der Waals surface area contributed by atoms with Gasteiger partial charge in [0.1, 0.15) is 5.82 Å². The van der Waals surface area contributed by atoms with Crippen LogP contribution in [0.15, 0.2) is 36.5 Å². The first-order chi connectivity index (χ1) is 17.1. The number of nitrogens with one attached hydrogen (secondary N) is 3. The molecule has 3 N–H and O–H groups in total. The van der Waals surface area contributed by atoms with E-state index in [2.05, 4.69) is 65.8 Å². The van der Waals surface area contributed by atoms with E-state index in [1.54, 1.807) is 12.3 Å². The van der Waals surface area contributed by atoms with E-state index in [1.165, 1.54) is 5.69 Å². The molecule has 3 aromatic rings. The van der Waals surface area contributed by atoms with Crippen molar-refractivity contribution in [2.45, 2.75) is 12.5 Å². The number of pyridine rings is 1. The Labute approximate surface area is 204 Å². The van der Waals surface area contributed by atoms with Crippen molar-refractivity contribution in [1.82, 2.24) is 25.2 Å². The normalized spacial score (nSPS) is 18.3. The molecule has 35 heavy (non-hydrogen) atoms. The van der Waals surface area contributed by atoms with Crippen LogP contribution in [0.4, 0.5) is 27.9 Å². The third kappa shape index (κ3) is 5.42. The summed E-state index contributed by atoms with van der Waals surface area (Å²) in [6.07, 6.45) is 8.12. The Balaban J connectivity index is 1.30. The Bertz CT molecular complexity index is 1240. The monoisotopic (exact) mass is 472 g/mol. The van der Waals surface area contributed by atoms with E-state index in [0.29, 0.717) is 41.6 Å². The van der Waals surface area contributed by atoms with Crippen molar-refractivity contribution >= 4 is 40.2 Å². The summed E-state index contributed by atoms with van der Waals surface area (Å²) in [5.74, 6) is 3.34. The van der Waals surface area contributed by atoms with Gasteiger partial charge in [0.2, 0.25) is 5.95 Å². The SMILES string of the molecule is C#Cc1cc(NC(=O)NC2CCOC2)nc2nc(Nc3ccc(N4CCN(C)CC4)cc3)ncc12. The highest BCUT2D eigenvalue weighted by Gasteiger charge is 2.18. The van der Waals surface area contributed by atoms with Crippen molar-refractivity contribution in [3.8, 4) is 12.3 Å². The van der Waals surface area contributed by atoms with Gasteiger partial charge in [-0.25, -0.2) is 14.8 Å². The molecule has 0 bridgehead atoms. The number of aromatic nitrogens is 3. The lowest BCUT2D eigenvalue weighted by atomic mass is 10.2. The number of likely N-dealkylation sites (N-methyl/N-ethyl adjacent to an activating group) is 1. The summed E-state index contributed by atoms with van der Waals surface area (Å²) in [5.41, 5.74) is 3.01. The molecule has 5 rings (SSSR count). The Kier molecular flexibility index (Phi) is 6.61. The molecule has 2 amide bonds. The standard InChI is InChI=1S/C25H28N8O2/c1-3-17-14-22(30-25(34)28-19-8-13-35-16-19)29-23-21(17)15-26-24(31-23)27-18-4-6-20(7-5-18)33-11-9-32(2)10-12-33/h1,4-7,14-15,19H,8-13,16H2,2H3,(H3,26,27,28,29,30,31,34). The zero-order chi connectivity index (χ0) is 24.2. The topological polar surface area (TPSA) is 108 Å². The second-order valence-electron chi connectivity index (χ2n) is 8.75. The van der Waals surface area contributed by atoms with E-state index in [0.717, 1.165) is 38.3 Å². The van der Waals surface area contributed by atoms with Crippen molar-refractivity contribution in [3.63, 3.8) is 0 Å². The van der Waals surface area contributed by atoms with Gasteiger partial charge in [0.25, 0.3) is 0 Å². The van der Waals surface area contributed by atoms with Crippen LogP contribution in [0.2, 0.25) is 0 Å². The number of hydrogen-bond acceptors (Lipinski definition) is 8. The molecule has 4 heterocycles. The molecule has 2 fully saturated rings. The first-order valence-electron chi connectivity index (χ1n) is 11.7. The minimum atomic E-state index is -0.358. The molecule has 1 aromatic carbocycles. The van der Waals surface area contributed by atoms with Crippen molar-refractivity contribution in [1.29, 1.82) is 0 Å². The van der Waals surface area contributed by atoms with E-state index in [1.807, 2.05) is 12.1 Å². The Morgan fingerprint density at radius 3 is 2.69 bits per heavy atom. The second kappa shape index (κ2) is 10.1. The first kappa shape index (κ1) is 22.8. The van der Waals surface area contributed by atoms with Gasteiger partial charge in [-0.1, -0.05) is 5.92 Å². The number of fused-ring (bicyclic) bond motifs is 1. The summed E-state index contributed by atoms with van der Waals surface area (Å²) < 4.78 is 5.29. The van der Waals surface area contributed by atoms with Crippen molar-refractivity contribution in [2.24, 2.45) is 0 Å². The van der Waals surface area contributed by atoms with Gasteiger partial charge in [-0.3, -0.25) is 5.32 Å². The molecular weight excluding hydrogens is 444 g/mol. The molecular formula is C25H28N8O2. The zero-order valence-electron chi connectivity index (χ0n) is 19.6. The lowest BCUT2D eigenvalue weighted by Gasteiger charge is -2.34. The molecule has 180 valence electrons. The molecule has 10 nitrogen and oxygen atoms in total. The molecule has 0 spiro atoms. The van der Waals surface area contributed by atoms with Gasteiger partial charge in [-0.15, -0.1) is 6.42 Å². The van der Waals surface area contributed by atoms with Crippen molar-refractivity contribution < 1.29 is 9.53 Å². The summed E-state index contributed by atoms with van der Waals surface area (Å²) in [5, 5.41) is 9.48. The van der Waals surface area contributed by atoms with Crippen molar-refractivity contribution in [2.75, 3.05) is 62.0 Å². The number of piperazine rings is 1. The van der Waals surface area contributed by atoms with Crippen LogP contribution in [0.3, 0.4) is 0 Å². The number of terminal acetylenes is 1. The molecule has 1 atom stereocenters. The summed E-state index contributed by atoms with van der Waals surface area (Å²) in [4.78, 5) is 30.5. The molecule has 2 aromatic heterocycles. The van der Waals surface area contributed by atoms with Gasteiger partial charge in [0.15, 0.2) is 5.65 Å². The quantitative estimate of drug-likeness (QED) is 0.486. The molecule has 2 aliphatic heterocycles. The molecule has 0 radical (unpaired) electrons. The van der Waals surface area contributed by atoms with Gasteiger partial charge < -0.3 is 25.2 Å². The smallest absolute Gasteiger partial charge is 0.320 e. The highest BCUT2D eigenvalue weighted by Crippen LogP contribution is 2.23. The number of ether oxygens (including phenoxy) is 1. The average Bonchev–Trinajstić information content (AvgIpc) is 3.37. The molecule has 0 aliphatic carbocycles. The average molecular weight is 473 g/mol. The fourth-order valence-corrected chi connectivity index (χ4v) is 4.19. The van der Waals surface area contributed by atoms with Crippen LogP contribution in [0, 0.1) is 12.3 Å². The maximum absolute atomic E-state index is 12.3. The summed E-state index contributed by atoms with van der Waals surface area (Å²) >= 11 is 0. The van der Waals surface area contributed by atoms with E-state index < -0.39 is 0 Å². The predicted octanol–water partition coefficient (Wildman–Crippen LogP) is 2.41. The minimum absolute atomic E-state index is 0.0108. The number of hydrogen-bond donors (Lipinski definition) is 3. The van der Waals surface area contributed by atoms with Crippen LogP contribution >= 0.6 is 0 Å². The number of carbonyl (C=O) groups excluding carboxylic acids is 1. The van der Waals surface area contributed by atoms with Crippen molar-refractivity contribution in [3.05, 3.63) is 42.1 Å². The highest BCUT2D eigenvalue weighted by atomic mass is 16.5. The van der Waals surface area contributed by atoms with Gasteiger partial charge in [0, 0.05) is 55.9 Å². The van der Waals surface area contributed by atoms with Crippen LogP contribution in [0.25, 0.3) is 11.0 Å². The van der Waals surface area contributed by atoms with E-state index in [9.17, 15) is 4.79 Å². The first-order valence-corrected chi connectivity index (χ1v) is 11.7. The molecule has 0 saturated carbocycles. The van der Waals surface area contributed by atoms with Crippen LogP contribution < -0.4 is 20.9 Å². The number of nitrogens with zero attached hydrogens (tertiary/aromatic N) is 5. The summed E-state index contributed by atoms with van der Waals surface area (Å²) in [7, 11) is 2.15. The maximum atomic E-state index is 12.3. The number of benzene rings is 1. The number of amides is 2.